The quantitative estimate of drug-likeness (QED) is 0.368. The van der Waals surface area contributed by atoms with Crippen LogP contribution in [-0.2, 0) is 11.2 Å². The van der Waals surface area contributed by atoms with E-state index in [0.717, 1.165) is 10.9 Å². The normalized spacial score (nSPS) is 14.6. The van der Waals surface area contributed by atoms with Crippen molar-refractivity contribution in [3.63, 3.8) is 0 Å². The van der Waals surface area contributed by atoms with Crippen LogP contribution >= 0.6 is 11.6 Å². The number of aromatic nitrogens is 2. The molecule has 2 aromatic carbocycles. The van der Waals surface area contributed by atoms with E-state index in [1.54, 1.807) is 19.2 Å². The van der Waals surface area contributed by atoms with Gasteiger partial charge in [0.2, 0.25) is 5.91 Å². The summed E-state index contributed by atoms with van der Waals surface area (Å²) in [4.78, 5) is 21.3. The predicted molar refractivity (Wildman–Crippen MR) is 131 cm³/mol. The lowest BCUT2D eigenvalue weighted by atomic mass is 9.90. The van der Waals surface area contributed by atoms with Crippen LogP contribution in [0, 0.1) is 5.82 Å². The topological polar surface area (TPSA) is 100 Å². The number of nitrogens with zero attached hydrogens (tertiary/aromatic N) is 2. The fourth-order valence-electron chi connectivity index (χ4n) is 3.92. The Morgan fingerprint density at radius 2 is 2.09 bits per heavy atom. The molecule has 4 rings (SSSR count). The van der Waals surface area contributed by atoms with E-state index in [-0.39, 0.29) is 22.7 Å². The average Bonchev–Trinajstić information content (AvgIpc) is 2.77. The summed E-state index contributed by atoms with van der Waals surface area (Å²) in [5, 5.41) is 13.3. The Labute approximate surface area is 202 Å². The molecule has 1 aromatic heterocycles. The van der Waals surface area contributed by atoms with Crippen LogP contribution in [0.2, 0.25) is 5.02 Å². The number of ether oxygens (including phenoxy) is 1. The molecule has 0 aliphatic carbocycles. The highest BCUT2D eigenvalue weighted by Crippen LogP contribution is 2.31. The summed E-state index contributed by atoms with van der Waals surface area (Å²) in [6, 6.07) is 8.58. The molecule has 180 valence electrons. The maximum atomic E-state index is 14.4. The Morgan fingerprint density at radius 1 is 1.29 bits per heavy atom. The summed E-state index contributed by atoms with van der Waals surface area (Å²) in [5.74, 6) is 0.586. The minimum Gasteiger partial charge on any atom is -0.496 e. The summed E-state index contributed by atoms with van der Waals surface area (Å²) in [7, 11) is 1.60. The van der Waals surface area contributed by atoms with Crippen molar-refractivity contribution < 1.29 is 13.9 Å². The zero-order valence-electron chi connectivity index (χ0n) is 19.3. The van der Waals surface area contributed by atoms with Gasteiger partial charge in [0.1, 0.15) is 23.4 Å². The highest BCUT2D eigenvalue weighted by atomic mass is 35.5. The summed E-state index contributed by atoms with van der Waals surface area (Å²) in [5.41, 5.74) is 1.18. The molecule has 0 atom stereocenters. The van der Waals surface area contributed by atoms with Crippen LogP contribution in [0.15, 0.2) is 36.7 Å². The molecule has 0 unspecified atom stereocenters. The van der Waals surface area contributed by atoms with Gasteiger partial charge < -0.3 is 26.0 Å². The minimum atomic E-state index is -0.617. The van der Waals surface area contributed by atoms with E-state index in [1.807, 2.05) is 26.0 Å². The van der Waals surface area contributed by atoms with Crippen molar-refractivity contribution in [1.82, 2.24) is 25.9 Å². The Hall–Kier alpha value is -3.01. The number of anilines is 2. The van der Waals surface area contributed by atoms with Gasteiger partial charge in [-0.2, -0.15) is 0 Å². The number of methoxy groups -OCH3 is 1. The number of hydrogen-bond acceptors (Lipinski definition) is 7. The first kappa shape index (κ1) is 24.1. The lowest BCUT2D eigenvalue weighted by Gasteiger charge is -2.42. The Morgan fingerprint density at radius 3 is 2.76 bits per heavy atom. The zero-order valence-corrected chi connectivity index (χ0v) is 20.1. The van der Waals surface area contributed by atoms with Gasteiger partial charge in [0.25, 0.3) is 0 Å². The third-order valence-electron chi connectivity index (χ3n) is 5.81. The molecule has 0 radical (unpaired) electrons. The van der Waals surface area contributed by atoms with E-state index in [4.69, 9.17) is 16.3 Å². The molecule has 1 aliphatic heterocycles. The number of rotatable bonds is 9. The Kier molecular flexibility index (Phi) is 7.16. The fourth-order valence-corrected chi connectivity index (χ4v) is 4.09. The maximum absolute atomic E-state index is 14.4. The van der Waals surface area contributed by atoms with Crippen molar-refractivity contribution >= 4 is 39.9 Å². The molecule has 1 amide bonds. The SMILES string of the molecule is COc1cc2ncnc(Nc3cccc(Cl)c3F)c2cc1CCNC1(C(=O)NC(C)C)CNC1. The third-order valence-corrected chi connectivity index (χ3v) is 6.10. The van der Waals surface area contributed by atoms with Crippen LogP contribution in [0.3, 0.4) is 0 Å². The third kappa shape index (κ3) is 4.91. The van der Waals surface area contributed by atoms with Gasteiger partial charge in [-0.1, -0.05) is 17.7 Å². The van der Waals surface area contributed by atoms with E-state index >= 15 is 0 Å². The summed E-state index contributed by atoms with van der Waals surface area (Å²) >= 11 is 5.92. The lowest BCUT2D eigenvalue weighted by molar-refractivity contribution is -0.130. The zero-order chi connectivity index (χ0) is 24.3. The molecule has 0 bridgehead atoms. The van der Waals surface area contributed by atoms with Crippen molar-refractivity contribution in [2.45, 2.75) is 31.8 Å². The number of carbonyl (C=O) groups excluding carboxylic acids is 1. The number of benzene rings is 2. The first-order chi connectivity index (χ1) is 16.3. The van der Waals surface area contributed by atoms with E-state index in [2.05, 4.69) is 31.2 Å². The van der Waals surface area contributed by atoms with Crippen LogP contribution in [0.4, 0.5) is 15.9 Å². The molecular formula is C24H28ClFN6O2. The molecule has 8 nitrogen and oxygen atoms in total. The second kappa shape index (κ2) is 10.1. The molecule has 1 saturated heterocycles. The van der Waals surface area contributed by atoms with Gasteiger partial charge in [-0.05, 0) is 44.0 Å². The maximum Gasteiger partial charge on any atom is 0.243 e. The first-order valence-corrected chi connectivity index (χ1v) is 11.5. The number of nitrogens with one attached hydrogen (secondary N) is 4. The van der Waals surface area contributed by atoms with Crippen LogP contribution < -0.4 is 26.0 Å². The van der Waals surface area contributed by atoms with Crippen LogP contribution in [0.1, 0.15) is 19.4 Å². The summed E-state index contributed by atoms with van der Waals surface area (Å²) < 4.78 is 20.0. The smallest absolute Gasteiger partial charge is 0.243 e. The summed E-state index contributed by atoms with van der Waals surface area (Å²) in [6.07, 6.45) is 2.02. The van der Waals surface area contributed by atoms with Gasteiger partial charge in [-0.15, -0.1) is 0 Å². The van der Waals surface area contributed by atoms with Crippen LogP contribution in [0.5, 0.6) is 5.75 Å². The monoisotopic (exact) mass is 486 g/mol. The Bertz CT molecular complexity index is 1200. The van der Waals surface area contributed by atoms with E-state index < -0.39 is 11.4 Å². The van der Waals surface area contributed by atoms with Crippen molar-refractivity contribution in [2.75, 3.05) is 32.1 Å². The fraction of sp³-hybridized carbons (Fsp3) is 0.375. The van der Waals surface area contributed by atoms with Crippen molar-refractivity contribution in [2.24, 2.45) is 0 Å². The van der Waals surface area contributed by atoms with Gasteiger partial charge in [0.15, 0.2) is 5.82 Å². The van der Waals surface area contributed by atoms with Gasteiger partial charge in [-0.3, -0.25) is 4.79 Å². The molecule has 1 fully saturated rings. The molecule has 0 spiro atoms. The lowest BCUT2D eigenvalue weighted by Crippen LogP contribution is -2.75. The van der Waals surface area contributed by atoms with Crippen LogP contribution in [-0.4, -0.2) is 54.2 Å². The highest BCUT2D eigenvalue weighted by Gasteiger charge is 2.43. The number of halogens is 2. The molecule has 3 aromatic rings. The van der Waals surface area contributed by atoms with E-state index in [0.29, 0.717) is 43.1 Å². The average molecular weight is 487 g/mol. The molecule has 10 heteroatoms. The number of amides is 1. The van der Waals surface area contributed by atoms with Crippen molar-refractivity contribution in [3.8, 4) is 5.75 Å². The van der Waals surface area contributed by atoms with E-state index in [1.165, 1.54) is 12.4 Å². The van der Waals surface area contributed by atoms with Crippen molar-refractivity contribution in [3.05, 3.63) is 53.1 Å². The van der Waals surface area contributed by atoms with Gasteiger partial charge >= 0.3 is 0 Å². The number of carbonyl (C=O) groups is 1. The highest BCUT2D eigenvalue weighted by molar-refractivity contribution is 6.31. The van der Waals surface area contributed by atoms with Gasteiger partial charge in [-0.25, -0.2) is 14.4 Å². The first-order valence-electron chi connectivity index (χ1n) is 11.1. The molecule has 0 saturated carbocycles. The molecule has 2 heterocycles. The molecular weight excluding hydrogens is 459 g/mol. The number of hydrogen-bond donors (Lipinski definition) is 4. The Balaban J connectivity index is 1.57. The van der Waals surface area contributed by atoms with Gasteiger partial charge in [0.05, 0.1) is 23.3 Å². The molecule has 1 aliphatic rings. The second-order valence-corrected chi connectivity index (χ2v) is 9.03. The number of fused-ring (bicyclic) bond motifs is 1. The van der Waals surface area contributed by atoms with Crippen molar-refractivity contribution in [1.29, 1.82) is 0 Å². The molecule has 34 heavy (non-hydrogen) atoms. The predicted octanol–water partition coefficient (Wildman–Crippen LogP) is 3.17. The second-order valence-electron chi connectivity index (χ2n) is 8.62. The minimum absolute atomic E-state index is 0.00448. The molecule has 4 N–H and O–H groups in total. The summed E-state index contributed by atoms with van der Waals surface area (Å²) in [6.45, 7) is 5.61. The standard InChI is InChI=1S/C24H28ClFN6O2/c1-14(2)31-23(33)24(11-27-12-24)30-8-7-15-9-16-19(10-20(15)34-3)28-13-29-22(16)32-18-6-4-5-17(25)21(18)26/h4-6,9-10,13-14,27,30H,7-8,11-12H2,1-3H3,(H,31,33)(H,28,29,32). The van der Waals surface area contributed by atoms with E-state index in [9.17, 15) is 9.18 Å². The van der Waals surface area contributed by atoms with Gasteiger partial charge in [0, 0.05) is 37.1 Å². The largest absolute Gasteiger partial charge is 0.496 e. The van der Waals surface area contributed by atoms with Crippen LogP contribution in [0.25, 0.3) is 10.9 Å².